The highest BCUT2D eigenvalue weighted by atomic mass is 35.5. The first kappa shape index (κ1) is 28.8. The summed E-state index contributed by atoms with van der Waals surface area (Å²) in [5.74, 6) is 0.533. The van der Waals surface area contributed by atoms with Crippen molar-refractivity contribution in [1.29, 1.82) is 0 Å². The fraction of sp³-hybridized carbons (Fsp3) is 0.310. The minimum Gasteiger partial charge on any atom is -0.465 e. The molecule has 0 spiro atoms. The number of nitrogens with zero attached hydrogens (tertiary/aromatic N) is 7. The van der Waals surface area contributed by atoms with E-state index in [1.54, 1.807) is 48.4 Å². The molecule has 0 atom stereocenters. The van der Waals surface area contributed by atoms with Gasteiger partial charge in [-0.05, 0) is 49.2 Å². The lowest BCUT2D eigenvalue weighted by Crippen LogP contribution is -2.48. The van der Waals surface area contributed by atoms with Crippen LogP contribution >= 0.6 is 11.6 Å². The fourth-order valence-electron chi connectivity index (χ4n) is 5.16. The van der Waals surface area contributed by atoms with Crippen LogP contribution in [0.3, 0.4) is 0 Å². The molecule has 0 radical (unpaired) electrons. The van der Waals surface area contributed by atoms with Gasteiger partial charge in [0.2, 0.25) is 5.91 Å². The van der Waals surface area contributed by atoms with E-state index in [1.165, 1.54) is 16.5 Å². The quantitative estimate of drug-likeness (QED) is 0.346. The summed E-state index contributed by atoms with van der Waals surface area (Å²) < 4.78 is 1.52. The van der Waals surface area contributed by atoms with E-state index >= 15 is 0 Å². The molecule has 0 unspecified atom stereocenters. The summed E-state index contributed by atoms with van der Waals surface area (Å²) in [6.45, 7) is 7.37. The number of pyridine rings is 1. The van der Waals surface area contributed by atoms with E-state index in [4.69, 9.17) is 21.7 Å². The molecule has 1 aromatic carbocycles. The second-order valence-corrected chi connectivity index (χ2v) is 10.5. The van der Waals surface area contributed by atoms with E-state index in [-0.39, 0.29) is 18.4 Å². The van der Waals surface area contributed by atoms with Crippen LogP contribution in [0.1, 0.15) is 34.2 Å². The molecule has 0 aliphatic carbocycles. The number of hydrogen-bond donors (Lipinski definition) is 2. The van der Waals surface area contributed by atoms with Crippen molar-refractivity contribution < 1.29 is 19.5 Å². The van der Waals surface area contributed by atoms with Gasteiger partial charge in [-0.15, -0.1) is 0 Å². The molecule has 4 aromatic rings. The predicted octanol–water partition coefficient (Wildman–Crippen LogP) is 3.77. The molecule has 218 valence electrons. The van der Waals surface area contributed by atoms with Crippen LogP contribution in [0.2, 0.25) is 5.02 Å². The highest BCUT2D eigenvalue weighted by Crippen LogP contribution is 2.34. The number of aryl methyl sites for hydroxylation is 2. The van der Waals surface area contributed by atoms with Gasteiger partial charge in [-0.1, -0.05) is 17.7 Å². The molecule has 0 bridgehead atoms. The summed E-state index contributed by atoms with van der Waals surface area (Å²) in [4.78, 5) is 51.4. The zero-order chi connectivity index (χ0) is 30.1. The molecule has 13 heteroatoms. The fourth-order valence-corrected chi connectivity index (χ4v) is 5.36. The van der Waals surface area contributed by atoms with Crippen molar-refractivity contribution in [3.8, 4) is 11.1 Å². The lowest BCUT2D eigenvalue weighted by atomic mass is 10.0. The Labute approximate surface area is 247 Å². The lowest BCUT2D eigenvalue weighted by molar-refractivity contribution is -0.129. The Morgan fingerprint density at radius 1 is 1.07 bits per heavy atom. The number of aromatic nitrogens is 4. The summed E-state index contributed by atoms with van der Waals surface area (Å²) in [6, 6.07) is 10.4. The summed E-state index contributed by atoms with van der Waals surface area (Å²) in [5.41, 5.74) is 4.17. The zero-order valence-corrected chi connectivity index (χ0v) is 24.5. The van der Waals surface area contributed by atoms with E-state index in [2.05, 4.69) is 10.3 Å². The molecular weight excluding hydrogens is 560 g/mol. The third-order valence-corrected chi connectivity index (χ3v) is 7.65. The predicted molar refractivity (Wildman–Crippen MR) is 159 cm³/mol. The Morgan fingerprint density at radius 3 is 2.45 bits per heavy atom. The van der Waals surface area contributed by atoms with Crippen LogP contribution in [0.4, 0.5) is 16.4 Å². The average Bonchev–Trinajstić information content (AvgIpc) is 3.31. The van der Waals surface area contributed by atoms with Crippen molar-refractivity contribution in [3.63, 3.8) is 0 Å². The first-order valence-electron chi connectivity index (χ1n) is 13.4. The molecule has 4 heterocycles. The maximum atomic E-state index is 12.7. The Balaban J connectivity index is 1.70. The molecule has 1 fully saturated rings. The van der Waals surface area contributed by atoms with Crippen molar-refractivity contribution in [3.05, 3.63) is 70.1 Å². The number of amides is 3. The zero-order valence-electron chi connectivity index (χ0n) is 23.8. The SMILES string of the molecule is CNC(=O)c1cc(-c2c(C)nn3c(N(Cc4ccnc(C)c4)C(=O)O)cc(N4CCN(C(C)=O)CC4)nc23)ccc1Cl. The molecule has 1 aliphatic rings. The minimum absolute atomic E-state index is 0.00630. The molecular formula is C29H31ClN8O4. The Bertz CT molecular complexity index is 1700. The Kier molecular flexibility index (Phi) is 7.99. The highest BCUT2D eigenvalue weighted by Gasteiger charge is 2.27. The molecule has 3 amide bonds. The van der Waals surface area contributed by atoms with Crippen LogP contribution in [0, 0.1) is 13.8 Å². The highest BCUT2D eigenvalue weighted by molar-refractivity contribution is 6.34. The minimum atomic E-state index is -1.16. The number of carboxylic acid groups (broad SMARTS) is 1. The Hall–Kier alpha value is -4.71. The Morgan fingerprint density at radius 2 is 1.81 bits per heavy atom. The number of piperazine rings is 1. The van der Waals surface area contributed by atoms with Gasteiger partial charge in [0.1, 0.15) is 11.6 Å². The van der Waals surface area contributed by atoms with Gasteiger partial charge in [-0.25, -0.2) is 9.78 Å². The number of fused-ring (bicyclic) bond motifs is 1. The van der Waals surface area contributed by atoms with Gasteiger partial charge in [0.15, 0.2) is 5.65 Å². The second kappa shape index (κ2) is 11.6. The molecule has 0 saturated carbocycles. The van der Waals surface area contributed by atoms with Crippen molar-refractivity contribution in [2.75, 3.05) is 43.0 Å². The van der Waals surface area contributed by atoms with Crippen LogP contribution in [0.15, 0.2) is 42.6 Å². The summed E-state index contributed by atoms with van der Waals surface area (Å²) in [5, 5.41) is 18.0. The normalized spacial score (nSPS) is 13.4. The van der Waals surface area contributed by atoms with Crippen LogP contribution in [-0.4, -0.2) is 80.7 Å². The number of hydrogen-bond acceptors (Lipinski definition) is 7. The van der Waals surface area contributed by atoms with Crippen LogP contribution in [0.5, 0.6) is 0 Å². The second-order valence-electron chi connectivity index (χ2n) is 10.1. The van der Waals surface area contributed by atoms with Crippen LogP contribution < -0.4 is 15.1 Å². The number of nitrogens with one attached hydrogen (secondary N) is 1. The van der Waals surface area contributed by atoms with Gasteiger partial charge < -0.3 is 20.2 Å². The maximum absolute atomic E-state index is 12.7. The number of rotatable bonds is 6. The van der Waals surface area contributed by atoms with Gasteiger partial charge in [0.05, 0.1) is 22.8 Å². The molecule has 1 saturated heterocycles. The number of carbonyl (C=O) groups excluding carboxylic acids is 2. The van der Waals surface area contributed by atoms with Gasteiger partial charge >= 0.3 is 6.09 Å². The molecule has 42 heavy (non-hydrogen) atoms. The van der Waals surface area contributed by atoms with E-state index < -0.39 is 6.09 Å². The van der Waals surface area contributed by atoms with Crippen molar-refractivity contribution in [2.24, 2.45) is 0 Å². The number of benzene rings is 1. The first-order chi connectivity index (χ1) is 20.1. The maximum Gasteiger partial charge on any atom is 0.413 e. The smallest absolute Gasteiger partial charge is 0.413 e. The standard InChI is InChI=1S/C29H31ClN8O4/c1-17-13-20(7-8-32-17)16-37(29(41)42)25-15-24(36-11-9-35(10-12-36)19(3)39)33-27-26(18(2)34-38(25)27)21-5-6-23(30)22(14-21)28(40)31-4/h5-8,13-15H,9-12,16H2,1-4H3,(H,31,40)(H,41,42). The first-order valence-corrected chi connectivity index (χ1v) is 13.8. The number of carbonyl (C=O) groups is 3. The van der Waals surface area contributed by atoms with Crippen LogP contribution in [0.25, 0.3) is 16.8 Å². The topological polar surface area (TPSA) is 136 Å². The van der Waals surface area contributed by atoms with Gasteiger partial charge in [0.25, 0.3) is 5.91 Å². The summed E-state index contributed by atoms with van der Waals surface area (Å²) in [7, 11) is 1.53. The van der Waals surface area contributed by atoms with E-state index in [9.17, 15) is 19.5 Å². The van der Waals surface area contributed by atoms with Gasteiger partial charge in [0, 0.05) is 63.7 Å². The van der Waals surface area contributed by atoms with E-state index in [1.807, 2.05) is 24.8 Å². The van der Waals surface area contributed by atoms with Crippen LogP contribution in [-0.2, 0) is 11.3 Å². The molecule has 5 rings (SSSR count). The molecule has 3 aromatic heterocycles. The third-order valence-electron chi connectivity index (χ3n) is 7.32. The van der Waals surface area contributed by atoms with Gasteiger partial charge in [-0.3, -0.25) is 19.5 Å². The average molecular weight is 591 g/mol. The third kappa shape index (κ3) is 5.57. The van der Waals surface area contributed by atoms with Crippen molar-refractivity contribution in [2.45, 2.75) is 27.3 Å². The number of anilines is 2. The van der Waals surface area contributed by atoms with E-state index in [0.717, 1.165) is 11.3 Å². The van der Waals surface area contributed by atoms with Crippen molar-refractivity contribution in [1.82, 2.24) is 29.8 Å². The van der Waals surface area contributed by atoms with Crippen molar-refractivity contribution >= 4 is 46.8 Å². The van der Waals surface area contributed by atoms with Gasteiger partial charge in [-0.2, -0.15) is 9.61 Å². The number of halogens is 1. The largest absolute Gasteiger partial charge is 0.465 e. The lowest BCUT2D eigenvalue weighted by Gasteiger charge is -2.35. The summed E-state index contributed by atoms with van der Waals surface area (Å²) >= 11 is 6.33. The molecule has 1 aliphatic heterocycles. The summed E-state index contributed by atoms with van der Waals surface area (Å²) in [6.07, 6.45) is 0.487. The monoisotopic (exact) mass is 590 g/mol. The molecule has 12 nitrogen and oxygen atoms in total. The van der Waals surface area contributed by atoms with E-state index in [0.29, 0.717) is 70.9 Å². The molecule has 2 N–H and O–H groups in total.